The van der Waals surface area contributed by atoms with Gasteiger partial charge < -0.3 is 0 Å². The minimum atomic E-state index is 0.504. The molecule has 6 unspecified atom stereocenters. The molecule has 2 aliphatic carbocycles. The first kappa shape index (κ1) is 19.3. The van der Waals surface area contributed by atoms with E-state index in [0.717, 1.165) is 35.5 Å². The van der Waals surface area contributed by atoms with Crippen molar-refractivity contribution in [2.24, 2.45) is 46.3 Å². The fourth-order valence-corrected chi connectivity index (χ4v) is 6.49. The molecule has 0 aliphatic heterocycles. The van der Waals surface area contributed by atoms with Crippen LogP contribution in [0.4, 0.5) is 0 Å². The first-order valence-corrected chi connectivity index (χ1v) is 10.5. The van der Waals surface area contributed by atoms with Crippen LogP contribution in [-0.4, -0.2) is 0 Å². The van der Waals surface area contributed by atoms with E-state index in [4.69, 9.17) is 0 Å². The number of rotatable bonds is 2. The van der Waals surface area contributed by atoms with Crippen molar-refractivity contribution in [1.82, 2.24) is 0 Å². The van der Waals surface area contributed by atoms with Crippen LogP contribution in [-0.2, 0) is 0 Å². The van der Waals surface area contributed by atoms with Crippen LogP contribution in [0.15, 0.2) is 0 Å². The Balaban J connectivity index is 1.84. The molecule has 2 aliphatic rings. The van der Waals surface area contributed by atoms with Crippen molar-refractivity contribution >= 4 is 0 Å². The fraction of sp³-hybridized carbons (Fsp3) is 1.00. The zero-order chi connectivity index (χ0) is 17.4. The first-order valence-electron chi connectivity index (χ1n) is 10.5. The molecule has 0 bridgehead atoms. The van der Waals surface area contributed by atoms with Gasteiger partial charge in [-0.25, -0.2) is 0 Å². The maximum Gasteiger partial charge on any atom is -0.0339 e. The van der Waals surface area contributed by atoms with E-state index in [1.54, 1.807) is 0 Å². The van der Waals surface area contributed by atoms with E-state index in [1.165, 1.54) is 44.9 Å². The van der Waals surface area contributed by atoms with Crippen molar-refractivity contribution in [2.45, 2.75) is 100 Å². The van der Waals surface area contributed by atoms with Crippen LogP contribution in [0.1, 0.15) is 100 Å². The monoisotopic (exact) mass is 320 g/mol. The molecule has 0 aromatic heterocycles. The molecule has 2 fully saturated rings. The summed E-state index contributed by atoms with van der Waals surface area (Å²) in [5.74, 6) is 5.77. The van der Waals surface area contributed by atoms with Gasteiger partial charge in [0, 0.05) is 0 Å². The second kappa shape index (κ2) is 7.09. The summed E-state index contributed by atoms with van der Waals surface area (Å²) in [6.45, 7) is 19.7. The minimum Gasteiger partial charge on any atom is -0.0622 e. The van der Waals surface area contributed by atoms with Crippen molar-refractivity contribution in [3.8, 4) is 0 Å². The van der Waals surface area contributed by atoms with Gasteiger partial charge in [0.1, 0.15) is 0 Å². The summed E-state index contributed by atoms with van der Waals surface area (Å²) in [7, 11) is 0. The highest BCUT2D eigenvalue weighted by Crippen LogP contribution is 2.48. The van der Waals surface area contributed by atoms with Gasteiger partial charge in [0.25, 0.3) is 0 Å². The highest BCUT2D eigenvalue weighted by atomic mass is 14.4. The van der Waals surface area contributed by atoms with Crippen LogP contribution >= 0.6 is 0 Å². The Morgan fingerprint density at radius 1 is 0.609 bits per heavy atom. The number of hydrogen-bond donors (Lipinski definition) is 0. The highest BCUT2D eigenvalue weighted by molar-refractivity contribution is 4.89. The summed E-state index contributed by atoms with van der Waals surface area (Å²) >= 11 is 0. The molecule has 0 amide bonds. The Hall–Kier alpha value is 0. The van der Waals surface area contributed by atoms with E-state index < -0.39 is 0 Å². The summed E-state index contributed by atoms with van der Waals surface area (Å²) in [5, 5.41) is 0. The molecule has 23 heavy (non-hydrogen) atoms. The van der Waals surface area contributed by atoms with E-state index in [-0.39, 0.29) is 0 Å². The van der Waals surface area contributed by atoms with Gasteiger partial charge in [0.05, 0.1) is 0 Å². The van der Waals surface area contributed by atoms with Gasteiger partial charge in [-0.15, -0.1) is 0 Å². The summed E-state index contributed by atoms with van der Waals surface area (Å²) in [4.78, 5) is 0. The molecular formula is C23H44. The smallest absolute Gasteiger partial charge is 0.0339 e. The predicted octanol–water partition coefficient (Wildman–Crippen LogP) is 7.57. The molecule has 0 N–H and O–H groups in total. The molecule has 0 saturated heterocycles. The Labute approximate surface area is 147 Å². The van der Waals surface area contributed by atoms with Crippen LogP contribution in [0, 0.1) is 46.3 Å². The Morgan fingerprint density at radius 3 is 1.22 bits per heavy atom. The van der Waals surface area contributed by atoms with E-state index in [1.807, 2.05) is 0 Å². The van der Waals surface area contributed by atoms with Crippen LogP contribution in [0.3, 0.4) is 0 Å². The molecule has 2 saturated carbocycles. The zero-order valence-electron chi connectivity index (χ0n) is 17.4. The first-order chi connectivity index (χ1) is 10.5. The van der Waals surface area contributed by atoms with Gasteiger partial charge >= 0.3 is 0 Å². The van der Waals surface area contributed by atoms with E-state index in [9.17, 15) is 0 Å². The van der Waals surface area contributed by atoms with E-state index >= 15 is 0 Å². The lowest BCUT2D eigenvalue weighted by Crippen LogP contribution is -2.35. The van der Waals surface area contributed by atoms with Gasteiger partial charge in [-0.2, -0.15) is 0 Å². The van der Waals surface area contributed by atoms with E-state index in [0.29, 0.717) is 10.8 Å². The predicted molar refractivity (Wildman–Crippen MR) is 104 cm³/mol. The fourth-order valence-electron chi connectivity index (χ4n) is 6.49. The average molecular weight is 321 g/mol. The molecule has 0 nitrogen and oxygen atoms in total. The number of hydrogen-bond acceptors (Lipinski definition) is 0. The summed E-state index contributed by atoms with van der Waals surface area (Å²) in [5.41, 5.74) is 1.01. The lowest BCUT2D eigenvalue weighted by Gasteiger charge is -2.45. The molecule has 2 rings (SSSR count). The molecule has 0 spiro atoms. The molecule has 0 aromatic rings. The van der Waals surface area contributed by atoms with E-state index in [2.05, 4.69) is 55.4 Å². The Kier molecular flexibility index (Phi) is 5.95. The van der Waals surface area contributed by atoms with Gasteiger partial charge in [0.15, 0.2) is 0 Å². The Bertz CT molecular complexity index is 330. The molecular weight excluding hydrogens is 276 g/mol. The van der Waals surface area contributed by atoms with Crippen LogP contribution in [0.2, 0.25) is 0 Å². The molecule has 0 radical (unpaired) electrons. The SMILES string of the molecule is CC1CC(CC2CCC(C(C)(C)C)C(C)C2)CCC1C(C)(C)C. The third kappa shape index (κ3) is 4.99. The lowest BCUT2D eigenvalue weighted by atomic mass is 9.61. The highest BCUT2D eigenvalue weighted by Gasteiger charge is 2.38. The van der Waals surface area contributed by atoms with Gasteiger partial charge in [0.2, 0.25) is 0 Å². The van der Waals surface area contributed by atoms with Crippen LogP contribution in [0.5, 0.6) is 0 Å². The molecule has 0 heteroatoms. The summed E-state index contributed by atoms with van der Waals surface area (Å²) in [6, 6.07) is 0. The van der Waals surface area contributed by atoms with Crippen LogP contribution < -0.4 is 0 Å². The topological polar surface area (TPSA) is 0 Å². The maximum absolute atomic E-state index is 2.53. The third-order valence-electron chi connectivity index (χ3n) is 7.45. The quantitative estimate of drug-likeness (QED) is 0.492. The normalized spacial score (nSPS) is 40.2. The molecule has 136 valence electrons. The van der Waals surface area contributed by atoms with Crippen molar-refractivity contribution in [2.75, 3.05) is 0 Å². The summed E-state index contributed by atoms with van der Waals surface area (Å²) in [6.07, 6.45) is 10.5. The van der Waals surface area contributed by atoms with Crippen molar-refractivity contribution in [3.63, 3.8) is 0 Å². The molecule has 0 heterocycles. The van der Waals surface area contributed by atoms with Crippen molar-refractivity contribution in [3.05, 3.63) is 0 Å². The maximum atomic E-state index is 2.53. The standard InChI is InChI=1S/C23H44/c1-16-13-18(9-11-20(16)22(3,4)5)15-19-10-12-21(17(2)14-19)23(6,7)8/h16-21H,9-15H2,1-8H3. The second-order valence-corrected chi connectivity index (χ2v) is 11.5. The summed E-state index contributed by atoms with van der Waals surface area (Å²) < 4.78 is 0. The average Bonchev–Trinajstić information content (AvgIpc) is 2.35. The molecule has 0 aromatic carbocycles. The van der Waals surface area contributed by atoms with Crippen molar-refractivity contribution < 1.29 is 0 Å². The molecule has 6 atom stereocenters. The van der Waals surface area contributed by atoms with Gasteiger partial charge in [-0.05, 0) is 78.4 Å². The lowest BCUT2D eigenvalue weighted by molar-refractivity contribution is 0.0557. The van der Waals surface area contributed by atoms with Gasteiger partial charge in [-0.3, -0.25) is 0 Å². The third-order valence-corrected chi connectivity index (χ3v) is 7.45. The largest absolute Gasteiger partial charge is 0.0622 e. The van der Waals surface area contributed by atoms with Crippen molar-refractivity contribution in [1.29, 1.82) is 0 Å². The Morgan fingerprint density at radius 2 is 0.957 bits per heavy atom. The van der Waals surface area contributed by atoms with Crippen LogP contribution in [0.25, 0.3) is 0 Å². The van der Waals surface area contributed by atoms with Gasteiger partial charge in [-0.1, -0.05) is 68.2 Å². The minimum absolute atomic E-state index is 0.504. The zero-order valence-corrected chi connectivity index (χ0v) is 17.4. The second-order valence-electron chi connectivity index (χ2n) is 11.5.